The second kappa shape index (κ2) is 9.71. The molecule has 0 bridgehead atoms. The second-order valence-electron chi connectivity index (χ2n) is 7.14. The number of ether oxygens (including phenoxy) is 2. The summed E-state index contributed by atoms with van der Waals surface area (Å²) in [7, 11) is 0. The maximum atomic E-state index is 12.6. The molecule has 1 fully saturated rings. The molecule has 3 aromatic rings. The van der Waals surface area contributed by atoms with Crippen molar-refractivity contribution in [2.75, 3.05) is 39.5 Å². The Hall–Kier alpha value is -2.25. The van der Waals surface area contributed by atoms with E-state index in [2.05, 4.69) is 15.2 Å². The lowest BCUT2D eigenvalue weighted by molar-refractivity contribution is 0.0322. The van der Waals surface area contributed by atoms with E-state index in [0.717, 1.165) is 55.1 Å². The first-order valence-corrected chi connectivity index (χ1v) is 10.6. The van der Waals surface area contributed by atoms with Crippen LogP contribution in [0, 0.1) is 0 Å². The van der Waals surface area contributed by atoms with E-state index in [4.69, 9.17) is 32.7 Å². The minimum absolute atomic E-state index is 0.272. The van der Waals surface area contributed by atoms with Gasteiger partial charge in [-0.2, -0.15) is 0 Å². The SMILES string of the molecule is O=C(NCc1cccc(OCCN2CCOCC2)c1)c1[nH]c2ccc(Cl)cc2c1Cl. The van der Waals surface area contributed by atoms with Crippen LogP contribution in [0.25, 0.3) is 10.9 Å². The molecule has 0 aliphatic carbocycles. The zero-order chi connectivity index (χ0) is 20.9. The number of hydrogen-bond acceptors (Lipinski definition) is 4. The molecule has 1 saturated heterocycles. The summed E-state index contributed by atoms with van der Waals surface area (Å²) in [6.45, 7) is 5.29. The van der Waals surface area contributed by atoms with Gasteiger partial charge in [-0.15, -0.1) is 0 Å². The molecule has 0 radical (unpaired) electrons. The summed E-state index contributed by atoms with van der Waals surface area (Å²) in [5, 5.41) is 4.56. The van der Waals surface area contributed by atoms with Gasteiger partial charge in [0.1, 0.15) is 18.1 Å². The van der Waals surface area contributed by atoms with Crippen LogP contribution < -0.4 is 10.1 Å². The van der Waals surface area contributed by atoms with Crippen molar-refractivity contribution in [1.29, 1.82) is 0 Å². The molecule has 2 N–H and O–H groups in total. The van der Waals surface area contributed by atoms with Crippen LogP contribution in [0.1, 0.15) is 16.1 Å². The predicted molar refractivity (Wildman–Crippen MR) is 119 cm³/mol. The Bertz CT molecular complexity index is 1030. The number of aromatic nitrogens is 1. The molecule has 8 heteroatoms. The number of benzene rings is 2. The molecule has 0 unspecified atom stereocenters. The number of carbonyl (C=O) groups is 1. The lowest BCUT2D eigenvalue weighted by Gasteiger charge is -2.26. The Morgan fingerprint density at radius 1 is 1.17 bits per heavy atom. The van der Waals surface area contributed by atoms with E-state index in [1.165, 1.54) is 0 Å². The van der Waals surface area contributed by atoms with E-state index in [9.17, 15) is 4.79 Å². The van der Waals surface area contributed by atoms with Crippen molar-refractivity contribution in [3.8, 4) is 5.75 Å². The first kappa shape index (κ1) is 21.0. The predicted octanol–water partition coefficient (Wildman–Crippen LogP) is 4.12. The molecule has 4 rings (SSSR count). The van der Waals surface area contributed by atoms with E-state index < -0.39 is 0 Å². The van der Waals surface area contributed by atoms with E-state index in [0.29, 0.717) is 28.9 Å². The van der Waals surface area contributed by atoms with Crippen LogP contribution in [-0.4, -0.2) is 55.2 Å². The monoisotopic (exact) mass is 447 g/mol. The largest absolute Gasteiger partial charge is 0.492 e. The lowest BCUT2D eigenvalue weighted by Crippen LogP contribution is -2.38. The van der Waals surface area contributed by atoms with Gasteiger partial charge in [0.05, 0.1) is 18.2 Å². The molecule has 158 valence electrons. The molecular weight excluding hydrogens is 425 g/mol. The standard InChI is InChI=1S/C22H23Cl2N3O3/c23-16-4-5-19-18(13-16)20(24)21(26-19)22(28)25-14-15-2-1-3-17(12-15)30-11-8-27-6-9-29-10-7-27/h1-5,12-13,26H,6-11,14H2,(H,25,28). The molecule has 1 aliphatic rings. The molecule has 6 nitrogen and oxygen atoms in total. The summed E-state index contributed by atoms with van der Waals surface area (Å²) < 4.78 is 11.2. The fraction of sp³-hybridized carbons (Fsp3) is 0.318. The lowest BCUT2D eigenvalue weighted by atomic mass is 10.2. The van der Waals surface area contributed by atoms with Crippen LogP contribution in [-0.2, 0) is 11.3 Å². The third-order valence-electron chi connectivity index (χ3n) is 5.06. The fourth-order valence-electron chi connectivity index (χ4n) is 3.42. The molecular formula is C22H23Cl2N3O3. The molecule has 0 saturated carbocycles. The van der Waals surface area contributed by atoms with Crippen molar-refractivity contribution in [3.63, 3.8) is 0 Å². The van der Waals surface area contributed by atoms with Crippen LogP contribution in [0.5, 0.6) is 5.75 Å². The number of nitrogens with zero attached hydrogens (tertiary/aromatic N) is 1. The third kappa shape index (κ3) is 5.08. The summed E-state index contributed by atoms with van der Waals surface area (Å²) >= 11 is 12.4. The molecule has 1 amide bonds. The van der Waals surface area contributed by atoms with Gasteiger partial charge >= 0.3 is 0 Å². The number of amides is 1. The van der Waals surface area contributed by atoms with Gasteiger partial charge < -0.3 is 19.8 Å². The van der Waals surface area contributed by atoms with Gasteiger partial charge in [0.25, 0.3) is 5.91 Å². The molecule has 30 heavy (non-hydrogen) atoms. The van der Waals surface area contributed by atoms with E-state index in [-0.39, 0.29) is 5.91 Å². The van der Waals surface area contributed by atoms with Gasteiger partial charge in [-0.05, 0) is 35.9 Å². The van der Waals surface area contributed by atoms with Gasteiger partial charge in [-0.25, -0.2) is 0 Å². The van der Waals surface area contributed by atoms with Crippen molar-refractivity contribution < 1.29 is 14.3 Å². The second-order valence-corrected chi connectivity index (χ2v) is 7.95. The number of aromatic amines is 1. The number of H-pyrrole nitrogens is 1. The van der Waals surface area contributed by atoms with Crippen LogP contribution in [0.2, 0.25) is 10.0 Å². The van der Waals surface area contributed by atoms with Crippen molar-refractivity contribution in [2.45, 2.75) is 6.54 Å². The number of fused-ring (bicyclic) bond motifs is 1. The topological polar surface area (TPSA) is 66.6 Å². The quantitative estimate of drug-likeness (QED) is 0.571. The Morgan fingerprint density at radius 2 is 2.00 bits per heavy atom. The summed E-state index contributed by atoms with van der Waals surface area (Å²) in [5.74, 6) is 0.513. The van der Waals surface area contributed by atoms with E-state index >= 15 is 0 Å². The Morgan fingerprint density at radius 3 is 2.83 bits per heavy atom. The number of hydrogen-bond donors (Lipinski definition) is 2. The first-order valence-electron chi connectivity index (χ1n) is 9.87. The zero-order valence-corrected chi connectivity index (χ0v) is 17.9. The first-order chi connectivity index (χ1) is 14.6. The highest BCUT2D eigenvalue weighted by atomic mass is 35.5. The van der Waals surface area contributed by atoms with E-state index in [1.807, 2.05) is 24.3 Å². The molecule has 1 aliphatic heterocycles. The van der Waals surface area contributed by atoms with E-state index in [1.54, 1.807) is 18.2 Å². The maximum absolute atomic E-state index is 12.6. The van der Waals surface area contributed by atoms with Gasteiger partial charge in [0.2, 0.25) is 0 Å². The molecule has 0 spiro atoms. The Balaban J connectivity index is 1.33. The van der Waals surface area contributed by atoms with Crippen molar-refractivity contribution in [2.24, 2.45) is 0 Å². The van der Waals surface area contributed by atoms with Gasteiger partial charge in [-0.1, -0.05) is 35.3 Å². The average Bonchev–Trinajstić information content (AvgIpc) is 3.09. The highest BCUT2D eigenvalue weighted by Crippen LogP contribution is 2.29. The Kier molecular flexibility index (Phi) is 6.79. The average molecular weight is 448 g/mol. The molecule has 2 heterocycles. The normalized spacial score (nSPS) is 14.7. The van der Waals surface area contributed by atoms with Crippen LogP contribution in [0.3, 0.4) is 0 Å². The van der Waals surface area contributed by atoms with Crippen molar-refractivity contribution in [3.05, 3.63) is 63.8 Å². The van der Waals surface area contributed by atoms with Crippen LogP contribution in [0.15, 0.2) is 42.5 Å². The number of carbonyl (C=O) groups excluding carboxylic acids is 1. The Labute approximate surface area is 185 Å². The van der Waals surface area contributed by atoms with Crippen LogP contribution in [0.4, 0.5) is 0 Å². The summed E-state index contributed by atoms with van der Waals surface area (Å²) in [4.78, 5) is 18.0. The third-order valence-corrected chi connectivity index (χ3v) is 5.68. The minimum Gasteiger partial charge on any atom is -0.492 e. The van der Waals surface area contributed by atoms with Crippen molar-refractivity contribution in [1.82, 2.24) is 15.2 Å². The van der Waals surface area contributed by atoms with Crippen LogP contribution >= 0.6 is 23.2 Å². The molecule has 2 aromatic carbocycles. The highest BCUT2D eigenvalue weighted by Gasteiger charge is 2.16. The van der Waals surface area contributed by atoms with Gasteiger partial charge in [0, 0.05) is 42.1 Å². The maximum Gasteiger partial charge on any atom is 0.269 e. The molecule has 0 atom stereocenters. The highest BCUT2D eigenvalue weighted by molar-refractivity contribution is 6.39. The summed E-state index contributed by atoms with van der Waals surface area (Å²) in [6.07, 6.45) is 0. The van der Waals surface area contributed by atoms with Gasteiger partial charge in [-0.3, -0.25) is 9.69 Å². The summed E-state index contributed by atoms with van der Waals surface area (Å²) in [6, 6.07) is 13.0. The fourth-order valence-corrected chi connectivity index (χ4v) is 3.88. The van der Waals surface area contributed by atoms with Gasteiger partial charge in [0.15, 0.2) is 0 Å². The smallest absolute Gasteiger partial charge is 0.269 e. The number of halogens is 2. The van der Waals surface area contributed by atoms with Crippen molar-refractivity contribution >= 4 is 40.0 Å². The zero-order valence-electron chi connectivity index (χ0n) is 16.4. The number of nitrogens with one attached hydrogen (secondary N) is 2. The number of morpholine rings is 1. The minimum atomic E-state index is -0.272. The molecule has 1 aromatic heterocycles. The summed E-state index contributed by atoms with van der Waals surface area (Å²) in [5.41, 5.74) is 2.04. The number of rotatable bonds is 7.